The number of aromatic nitrogens is 2. The maximum atomic E-state index is 14.0. The minimum atomic E-state index is -0.363. The first-order valence-corrected chi connectivity index (χ1v) is 9.62. The van der Waals surface area contributed by atoms with Gasteiger partial charge in [0, 0.05) is 25.7 Å². The van der Waals surface area contributed by atoms with E-state index in [0.29, 0.717) is 41.1 Å². The zero-order valence-electron chi connectivity index (χ0n) is 16.7. The molecule has 0 amide bonds. The zero-order valence-corrected chi connectivity index (χ0v) is 16.7. The first-order chi connectivity index (χ1) is 13.6. The van der Waals surface area contributed by atoms with Crippen LogP contribution in [0.1, 0.15) is 25.0 Å². The first kappa shape index (κ1) is 20.1. The molecule has 2 N–H and O–H groups in total. The Morgan fingerprint density at radius 3 is 2.68 bits per heavy atom. The van der Waals surface area contributed by atoms with Gasteiger partial charge in [0.2, 0.25) is 0 Å². The fourth-order valence-corrected chi connectivity index (χ4v) is 3.27. The number of hydrogen-bond acceptors (Lipinski definition) is 7. The molecule has 3 heterocycles. The van der Waals surface area contributed by atoms with E-state index in [9.17, 15) is 4.39 Å². The van der Waals surface area contributed by atoms with Crippen LogP contribution < -0.4 is 20.1 Å². The summed E-state index contributed by atoms with van der Waals surface area (Å²) in [7, 11) is 3.26. The first-order valence-electron chi connectivity index (χ1n) is 9.62. The molecular formula is C20H28FN5O2. The fraction of sp³-hybridized carbons (Fsp3) is 0.500. The van der Waals surface area contributed by atoms with Crippen molar-refractivity contribution in [2.24, 2.45) is 0 Å². The maximum Gasteiger partial charge on any atom is 0.179 e. The quantitative estimate of drug-likeness (QED) is 0.635. The largest absolute Gasteiger partial charge is 0.491 e. The molecule has 0 unspecified atom stereocenters. The van der Waals surface area contributed by atoms with Gasteiger partial charge in [-0.3, -0.25) is 0 Å². The van der Waals surface area contributed by atoms with Crippen molar-refractivity contribution in [3.8, 4) is 11.5 Å². The van der Waals surface area contributed by atoms with Crippen molar-refractivity contribution >= 4 is 17.3 Å². The van der Waals surface area contributed by atoms with Gasteiger partial charge in [-0.1, -0.05) is 0 Å². The van der Waals surface area contributed by atoms with E-state index in [2.05, 4.69) is 25.5 Å². The Hall–Kier alpha value is -2.61. The van der Waals surface area contributed by atoms with E-state index in [-0.39, 0.29) is 5.82 Å². The van der Waals surface area contributed by atoms with E-state index in [0.717, 1.165) is 13.0 Å². The van der Waals surface area contributed by atoms with Gasteiger partial charge in [-0.05, 0) is 39.3 Å². The number of pyridine rings is 2. The summed E-state index contributed by atoms with van der Waals surface area (Å²) >= 11 is 0. The molecule has 2 aromatic rings. The Balaban J connectivity index is 1.65. The van der Waals surface area contributed by atoms with E-state index in [1.807, 2.05) is 0 Å². The van der Waals surface area contributed by atoms with Crippen LogP contribution in [0, 0.1) is 12.7 Å². The molecule has 28 heavy (non-hydrogen) atoms. The number of ether oxygens (including phenoxy) is 2. The van der Waals surface area contributed by atoms with E-state index in [1.165, 1.54) is 25.9 Å². The molecule has 0 atom stereocenters. The highest BCUT2D eigenvalue weighted by Gasteiger charge is 2.13. The van der Waals surface area contributed by atoms with E-state index in [1.54, 1.807) is 39.4 Å². The highest BCUT2D eigenvalue weighted by Crippen LogP contribution is 2.30. The summed E-state index contributed by atoms with van der Waals surface area (Å²) in [5.41, 5.74) is 0.683. The number of hydrogen-bond donors (Lipinski definition) is 2. The van der Waals surface area contributed by atoms with Gasteiger partial charge in [0.1, 0.15) is 11.6 Å². The lowest BCUT2D eigenvalue weighted by Crippen LogP contribution is -2.22. The number of halogens is 1. The highest BCUT2D eigenvalue weighted by atomic mass is 19.1. The van der Waals surface area contributed by atoms with Crippen LogP contribution in [-0.2, 0) is 0 Å². The maximum absolute atomic E-state index is 14.0. The second-order valence-electron chi connectivity index (χ2n) is 6.80. The lowest BCUT2D eigenvalue weighted by molar-refractivity contribution is 0.254. The van der Waals surface area contributed by atoms with Gasteiger partial charge in [-0.2, -0.15) is 0 Å². The highest BCUT2D eigenvalue weighted by molar-refractivity contribution is 5.61. The van der Waals surface area contributed by atoms with Gasteiger partial charge in [0.05, 0.1) is 31.3 Å². The van der Waals surface area contributed by atoms with E-state index in [4.69, 9.17) is 9.47 Å². The Morgan fingerprint density at radius 1 is 1.18 bits per heavy atom. The third-order valence-corrected chi connectivity index (χ3v) is 4.78. The molecule has 7 nitrogen and oxygen atoms in total. The predicted molar refractivity (Wildman–Crippen MR) is 108 cm³/mol. The number of rotatable bonds is 9. The average Bonchev–Trinajstić information content (AvgIpc) is 3.21. The number of nitrogens with one attached hydrogen (secondary N) is 2. The van der Waals surface area contributed by atoms with Crippen LogP contribution in [0.2, 0.25) is 0 Å². The van der Waals surface area contributed by atoms with Crippen molar-refractivity contribution in [1.82, 2.24) is 14.9 Å². The van der Waals surface area contributed by atoms with Crippen LogP contribution in [0.5, 0.6) is 11.5 Å². The van der Waals surface area contributed by atoms with Gasteiger partial charge in [0.25, 0.3) is 0 Å². The Morgan fingerprint density at radius 2 is 1.96 bits per heavy atom. The molecule has 1 saturated heterocycles. The van der Waals surface area contributed by atoms with E-state index < -0.39 is 0 Å². The smallest absolute Gasteiger partial charge is 0.179 e. The minimum Gasteiger partial charge on any atom is -0.491 e. The number of methoxy groups -OCH3 is 1. The van der Waals surface area contributed by atoms with Crippen molar-refractivity contribution < 1.29 is 13.9 Å². The molecule has 8 heteroatoms. The zero-order chi connectivity index (χ0) is 19.9. The molecule has 0 aromatic carbocycles. The summed E-state index contributed by atoms with van der Waals surface area (Å²) in [5, 5.41) is 5.93. The van der Waals surface area contributed by atoms with Crippen molar-refractivity contribution in [1.29, 1.82) is 0 Å². The number of nitrogens with zero attached hydrogens (tertiary/aromatic N) is 3. The molecule has 0 radical (unpaired) electrons. The third-order valence-electron chi connectivity index (χ3n) is 4.78. The van der Waals surface area contributed by atoms with Gasteiger partial charge >= 0.3 is 0 Å². The molecule has 0 saturated carbocycles. The van der Waals surface area contributed by atoms with Crippen molar-refractivity contribution in [3.63, 3.8) is 0 Å². The molecule has 2 aromatic heterocycles. The van der Waals surface area contributed by atoms with Gasteiger partial charge < -0.3 is 25.0 Å². The third kappa shape index (κ3) is 5.01. The molecule has 152 valence electrons. The summed E-state index contributed by atoms with van der Waals surface area (Å²) in [6, 6.07) is 3.37. The fourth-order valence-electron chi connectivity index (χ4n) is 3.27. The number of anilines is 3. The van der Waals surface area contributed by atoms with Crippen molar-refractivity contribution in [3.05, 3.63) is 29.8 Å². The molecule has 0 bridgehead atoms. The van der Waals surface area contributed by atoms with Crippen molar-refractivity contribution in [2.75, 3.05) is 51.0 Å². The second kappa shape index (κ2) is 9.54. The number of aryl methyl sites for hydroxylation is 1. The lowest BCUT2D eigenvalue weighted by atomic mass is 10.3. The van der Waals surface area contributed by atoms with Gasteiger partial charge in [-0.25, -0.2) is 14.4 Å². The Labute approximate surface area is 165 Å². The molecule has 0 spiro atoms. The molecule has 0 aliphatic carbocycles. The predicted octanol–water partition coefficient (Wildman–Crippen LogP) is 3.58. The molecule has 3 rings (SSSR count). The lowest BCUT2D eigenvalue weighted by Gasteiger charge is -2.16. The minimum absolute atomic E-state index is 0.307. The summed E-state index contributed by atoms with van der Waals surface area (Å²) in [4.78, 5) is 11.0. The molecule has 1 aliphatic heterocycles. The van der Waals surface area contributed by atoms with Crippen molar-refractivity contribution in [2.45, 2.75) is 26.2 Å². The van der Waals surface area contributed by atoms with Crippen LogP contribution in [-0.4, -0.2) is 55.3 Å². The monoisotopic (exact) mass is 389 g/mol. The summed E-state index contributed by atoms with van der Waals surface area (Å²) in [6.45, 7) is 5.65. The summed E-state index contributed by atoms with van der Waals surface area (Å²) < 4.78 is 25.2. The SMILES string of the molecule is CNc1cc(Nc2cc(OCCCN3CCCC3)c(OC)cn2)nc(C)c1F. The van der Waals surface area contributed by atoms with Crippen LogP contribution in [0.4, 0.5) is 21.7 Å². The Kier molecular flexibility index (Phi) is 6.86. The average molecular weight is 389 g/mol. The Bertz CT molecular complexity index is 796. The van der Waals surface area contributed by atoms with Gasteiger partial charge in [-0.15, -0.1) is 0 Å². The van der Waals surface area contributed by atoms with Crippen LogP contribution in [0.25, 0.3) is 0 Å². The standard InChI is InChI=1S/C20H28FN5O2/c1-14-20(21)15(22-2)11-19(24-14)25-18-12-16(17(27-3)13-23-18)28-10-6-9-26-7-4-5-8-26/h11-13H,4-10H2,1-3H3,(H2,22,23,24,25). The van der Waals surface area contributed by atoms with Crippen LogP contribution >= 0.6 is 0 Å². The second-order valence-corrected chi connectivity index (χ2v) is 6.80. The summed E-state index contributed by atoms with van der Waals surface area (Å²) in [5.74, 6) is 1.88. The molecular weight excluding hydrogens is 361 g/mol. The van der Waals surface area contributed by atoms with Crippen LogP contribution in [0.15, 0.2) is 18.3 Å². The summed E-state index contributed by atoms with van der Waals surface area (Å²) in [6.07, 6.45) is 5.15. The molecule has 1 aliphatic rings. The number of likely N-dealkylation sites (tertiary alicyclic amines) is 1. The normalized spacial score (nSPS) is 14.1. The van der Waals surface area contributed by atoms with Crippen LogP contribution in [0.3, 0.4) is 0 Å². The topological polar surface area (TPSA) is 71.5 Å². The molecule has 1 fully saturated rings. The van der Waals surface area contributed by atoms with Gasteiger partial charge in [0.15, 0.2) is 17.3 Å². The van der Waals surface area contributed by atoms with E-state index >= 15 is 0 Å².